The second kappa shape index (κ2) is 12.1. The van der Waals surface area contributed by atoms with Gasteiger partial charge in [-0.15, -0.1) is 0 Å². The Hall–Kier alpha value is -3.35. The molecule has 1 aromatic heterocycles. The van der Waals surface area contributed by atoms with Crippen LogP contribution in [0.4, 0.5) is 0 Å². The van der Waals surface area contributed by atoms with Crippen molar-refractivity contribution in [2.24, 2.45) is 5.92 Å². The van der Waals surface area contributed by atoms with Crippen molar-refractivity contribution < 1.29 is 14.3 Å². The van der Waals surface area contributed by atoms with Crippen LogP contribution >= 0.6 is 0 Å². The molecule has 2 aliphatic rings. The van der Waals surface area contributed by atoms with E-state index in [1.54, 1.807) is 29.0 Å². The number of hydrogen-bond acceptors (Lipinski definition) is 4. The average molecular weight is 492 g/mol. The Morgan fingerprint density at radius 1 is 1.11 bits per heavy atom. The van der Waals surface area contributed by atoms with Crippen LogP contribution in [0.25, 0.3) is 0 Å². The molecule has 1 aliphatic carbocycles. The second-order valence-electron chi connectivity index (χ2n) is 10.0. The third kappa shape index (κ3) is 6.25. The van der Waals surface area contributed by atoms with Crippen LogP contribution in [-0.2, 0) is 6.54 Å². The van der Waals surface area contributed by atoms with Crippen LogP contribution in [0.5, 0.6) is 5.75 Å². The lowest BCUT2D eigenvalue weighted by atomic mass is 9.97. The summed E-state index contributed by atoms with van der Waals surface area (Å²) in [5.41, 5.74) is 1.78. The molecule has 192 valence electrons. The number of pyridine rings is 1. The minimum atomic E-state index is -0.510. The van der Waals surface area contributed by atoms with E-state index in [4.69, 9.17) is 4.74 Å². The van der Waals surface area contributed by atoms with Crippen molar-refractivity contribution in [2.75, 3.05) is 26.7 Å². The highest BCUT2D eigenvalue weighted by Gasteiger charge is 2.26. The lowest BCUT2D eigenvalue weighted by Gasteiger charge is -2.31. The van der Waals surface area contributed by atoms with Gasteiger partial charge in [-0.3, -0.25) is 14.4 Å². The van der Waals surface area contributed by atoms with Crippen LogP contribution in [0.1, 0.15) is 78.1 Å². The Kier molecular flexibility index (Phi) is 8.62. The number of nitrogens with one attached hydrogen (secondary N) is 1. The minimum absolute atomic E-state index is 0.00145. The number of likely N-dealkylation sites (tertiary alicyclic amines) is 1. The largest absolute Gasteiger partial charge is 0.496 e. The van der Waals surface area contributed by atoms with Gasteiger partial charge in [0.2, 0.25) is 5.43 Å². The molecule has 2 amide bonds. The fourth-order valence-corrected chi connectivity index (χ4v) is 5.17. The summed E-state index contributed by atoms with van der Waals surface area (Å²) >= 11 is 0. The highest BCUT2D eigenvalue weighted by Crippen LogP contribution is 2.21. The van der Waals surface area contributed by atoms with Crippen molar-refractivity contribution >= 4 is 11.8 Å². The number of rotatable bonds is 8. The van der Waals surface area contributed by atoms with Gasteiger partial charge >= 0.3 is 0 Å². The summed E-state index contributed by atoms with van der Waals surface area (Å²) in [6.07, 6.45) is 12.7. The van der Waals surface area contributed by atoms with Gasteiger partial charge in [-0.25, -0.2) is 0 Å². The number of ether oxygens (including phenoxy) is 1. The molecule has 7 nitrogen and oxygen atoms in total. The molecular formula is C29H37N3O4. The average Bonchev–Trinajstić information content (AvgIpc) is 2.90. The first-order valence-electron chi connectivity index (χ1n) is 13.1. The Morgan fingerprint density at radius 3 is 2.67 bits per heavy atom. The van der Waals surface area contributed by atoms with E-state index >= 15 is 0 Å². The molecule has 1 aliphatic heterocycles. The van der Waals surface area contributed by atoms with Gasteiger partial charge < -0.3 is 19.5 Å². The third-order valence-electron chi connectivity index (χ3n) is 7.16. The Bertz CT molecular complexity index is 1180. The molecule has 7 heteroatoms. The molecule has 1 unspecified atom stereocenters. The summed E-state index contributed by atoms with van der Waals surface area (Å²) in [5.74, 6) is 0.356. The molecule has 0 radical (unpaired) electrons. The molecule has 0 saturated carbocycles. The fraction of sp³-hybridized carbons (Fsp3) is 0.483. The zero-order valence-corrected chi connectivity index (χ0v) is 21.4. The topological polar surface area (TPSA) is 80.6 Å². The summed E-state index contributed by atoms with van der Waals surface area (Å²) in [6, 6.07) is 7.60. The maximum atomic E-state index is 13.4. The molecule has 1 N–H and O–H groups in total. The molecule has 1 aromatic carbocycles. The van der Waals surface area contributed by atoms with E-state index in [-0.39, 0.29) is 17.0 Å². The lowest BCUT2D eigenvalue weighted by molar-refractivity contribution is 0.0680. The Balaban J connectivity index is 1.62. The van der Waals surface area contributed by atoms with Crippen LogP contribution in [0.2, 0.25) is 0 Å². The lowest BCUT2D eigenvalue weighted by Crippen LogP contribution is -2.42. The number of carbonyl (C=O) groups excluding carboxylic acids is 2. The maximum absolute atomic E-state index is 13.4. The third-order valence-corrected chi connectivity index (χ3v) is 7.16. The zero-order valence-electron chi connectivity index (χ0n) is 21.4. The van der Waals surface area contributed by atoms with Crippen LogP contribution < -0.4 is 15.5 Å². The monoisotopic (exact) mass is 491 g/mol. The summed E-state index contributed by atoms with van der Waals surface area (Å²) in [4.78, 5) is 41.7. The summed E-state index contributed by atoms with van der Waals surface area (Å²) < 4.78 is 7.23. The van der Waals surface area contributed by atoms with Crippen molar-refractivity contribution in [3.05, 3.63) is 75.2 Å². The first-order chi connectivity index (χ1) is 17.5. The molecule has 36 heavy (non-hydrogen) atoms. The smallest absolute Gasteiger partial charge is 0.259 e. The summed E-state index contributed by atoms with van der Waals surface area (Å²) in [5, 5.41) is 2.91. The molecule has 2 heterocycles. The highest BCUT2D eigenvalue weighted by atomic mass is 16.5. The van der Waals surface area contributed by atoms with Crippen LogP contribution in [0.3, 0.4) is 0 Å². The van der Waals surface area contributed by atoms with E-state index in [9.17, 15) is 14.4 Å². The molecule has 1 fully saturated rings. The minimum Gasteiger partial charge on any atom is -0.496 e. The molecule has 4 rings (SSSR count). The van der Waals surface area contributed by atoms with E-state index in [2.05, 4.69) is 18.3 Å². The van der Waals surface area contributed by atoms with E-state index < -0.39 is 11.3 Å². The van der Waals surface area contributed by atoms with Crippen molar-refractivity contribution in [1.29, 1.82) is 0 Å². The number of allylic oxidation sites excluding steroid dienone is 1. The number of amides is 2. The summed E-state index contributed by atoms with van der Waals surface area (Å²) in [7, 11) is 1.61. The zero-order chi connectivity index (χ0) is 25.5. The van der Waals surface area contributed by atoms with Crippen molar-refractivity contribution in [3.63, 3.8) is 0 Å². The van der Waals surface area contributed by atoms with Gasteiger partial charge in [-0.05, 0) is 56.9 Å². The highest BCUT2D eigenvalue weighted by molar-refractivity contribution is 5.99. The van der Waals surface area contributed by atoms with Gasteiger partial charge in [-0.2, -0.15) is 0 Å². The number of piperidine rings is 1. The molecule has 0 spiro atoms. The molecule has 1 saturated heterocycles. The molecule has 2 aromatic rings. The number of para-hydroxylation sites is 1. The van der Waals surface area contributed by atoms with Gasteiger partial charge in [0.1, 0.15) is 16.9 Å². The first-order valence-corrected chi connectivity index (χ1v) is 13.1. The number of nitrogens with zero attached hydrogens (tertiary/aromatic N) is 2. The van der Waals surface area contributed by atoms with Gasteiger partial charge in [0.15, 0.2) is 0 Å². The van der Waals surface area contributed by atoms with Crippen molar-refractivity contribution in [3.8, 4) is 5.75 Å². The number of benzene rings is 1. The van der Waals surface area contributed by atoms with E-state index in [0.717, 1.165) is 37.7 Å². The number of aromatic nitrogens is 1. The Morgan fingerprint density at radius 2 is 1.92 bits per heavy atom. The van der Waals surface area contributed by atoms with Gasteiger partial charge in [0.05, 0.1) is 13.7 Å². The number of methoxy groups -OCH3 is 1. The van der Waals surface area contributed by atoms with Gasteiger partial charge in [0, 0.05) is 37.6 Å². The van der Waals surface area contributed by atoms with Crippen LogP contribution in [-0.4, -0.2) is 48.0 Å². The first kappa shape index (κ1) is 25.7. The number of hydrogen-bond donors (Lipinski definition) is 1. The second-order valence-corrected chi connectivity index (χ2v) is 10.0. The number of carbonyl (C=O) groups is 2. The van der Waals surface area contributed by atoms with E-state index in [1.165, 1.54) is 18.4 Å². The standard InChI is InChI=1S/C29H37N3O4/c1-21-9-8-16-32(17-21)29(35)25-20-31(18-23-12-6-7-13-26(23)36-2)19-24(27(25)33)28(34)30-15-14-22-10-4-3-5-11-22/h6-7,10,12-13,19-21H,3-5,8-9,11,14-18H2,1-2H3,(H,30,34). The van der Waals surface area contributed by atoms with Crippen LogP contribution in [0, 0.1) is 5.92 Å². The fourth-order valence-electron chi connectivity index (χ4n) is 5.17. The quantitative estimate of drug-likeness (QED) is 0.555. The molecule has 0 bridgehead atoms. The maximum Gasteiger partial charge on any atom is 0.259 e. The molecular weight excluding hydrogens is 454 g/mol. The van der Waals surface area contributed by atoms with Gasteiger partial charge in [-0.1, -0.05) is 36.8 Å². The van der Waals surface area contributed by atoms with Crippen LogP contribution in [0.15, 0.2) is 53.1 Å². The van der Waals surface area contributed by atoms with Crippen molar-refractivity contribution in [2.45, 2.75) is 58.4 Å². The normalized spacial score (nSPS) is 17.9. The SMILES string of the molecule is COc1ccccc1Cn1cc(C(=O)NCCC2=CCCCC2)c(=O)c(C(=O)N2CCCC(C)C2)c1. The van der Waals surface area contributed by atoms with Crippen molar-refractivity contribution in [1.82, 2.24) is 14.8 Å². The van der Waals surface area contributed by atoms with E-state index in [0.29, 0.717) is 37.8 Å². The summed E-state index contributed by atoms with van der Waals surface area (Å²) in [6.45, 7) is 4.20. The van der Waals surface area contributed by atoms with Gasteiger partial charge in [0.25, 0.3) is 11.8 Å². The molecule has 1 atom stereocenters. The predicted octanol–water partition coefficient (Wildman–Crippen LogP) is 4.40. The Labute approximate surface area is 213 Å². The predicted molar refractivity (Wildman–Crippen MR) is 141 cm³/mol. The van der Waals surface area contributed by atoms with E-state index in [1.807, 2.05) is 24.3 Å².